The zero-order valence-corrected chi connectivity index (χ0v) is 21.6. The van der Waals surface area contributed by atoms with Gasteiger partial charge in [0.1, 0.15) is 6.10 Å². The highest BCUT2D eigenvalue weighted by Gasteiger charge is 2.69. The summed E-state index contributed by atoms with van der Waals surface area (Å²) in [6.07, 6.45) is 12.9. The summed E-state index contributed by atoms with van der Waals surface area (Å²) in [5.41, 5.74) is 0.828. The first-order valence-electron chi connectivity index (χ1n) is 14.2. The predicted octanol–water partition coefficient (Wildman–Crippen LogP) is 6.36. The molecule has 12 atom stereocenters. The SMILES string of the molecule is CC(=O)O[C@H]1CC[C@@]2(C)[C@@H](CC[C@H]3[C@H]2CC[C@]2(C)[C@@H]4[C@@H](C)[C@@]5(CC[C@H](C)CO5)O[C@@H]4C[C@H]32)C1. The fourth-order valence-corrected chi connectivity index (χ4v) is 10.6. The molecule has 6 aliphatic rings. The third kappa shape index (κ3) is 3.25. The number of carbonyl (C=O) groups is 1. The molecule has 0 unspecified atom stereocenters. The van der Waals surface area contributed by atoms with Gasteiger partial charge in [-0.2, -0.15) is 0 Å². The molecule has 2 saturated heterocycles. The molecular weight excluding hydrogens is 412 g/mol. The van der Waals surface area contributed by atoms with Gasteiger partial charge < -0.3 is 14.2 Å². The standard InChI is InChI=1S/C29H46O4/c1-17-8-13-29(31-16-17)18(2)26-25(33-29)15-24-22-7-6-20-14-21(32-19(3)30)9-11-27(20,4)23(22)10-12-28(24,26)5/h17-18,20-26H,6-16H2,1-5H3/t17-,18+,20-,21-,22-,23+,24+,25+,26+,27-,28-,29+/m0/s1. The third-order valence-corrected chi connectivity index (χ3v) is 12.2. The first-order valence-corrected chi connectivity index (χ1v) is 14.2. The lowest BCUT2D eigenvalue weighted by molar-refractivity contribution is -0.273. The van der Waals surface area contributed by atoms with E-state index in [9.17, 15) is 4.79 Å². The van der Waals surface area contributed by atoms with Crippen LogP contribution in [0.1, 0.15) is 98.8 Å². The van der Waals surface area contributed by atoms with Gasteiger partial charge in [0.15, 0.2) is 5.79 Å². The van der Waals surface area contributed by atoms with Crippen LogP contribution in [0.25, 0.3) is 0 Å². The Bertz CT molecular complexity index is 786. The van der Waals surface area contributed by atoms with E-state index in [0.29, 0.717) is 34.7 Å². The van der Waals surface area contributed by atoms with Gasteiger partial charge in [0.25, 0.3) is 0 Å². The van der Waals surface area contributed by atoms with Gasteiger partial charge in [-0.3, -0.25) is 4.79 Å². The Kier molecular flexibility index (Phi) is 5.32. The Morgan fingerprint density at radius 2 is 1.70 bits per heavy atom. The van der Waals surface area contributed by atoms with Crippen molar-refractivity contribution in [2.45, 2.75) is 117 Å². The molecule has 2 aliphatic heterocycles. The number of esters is 1. The smallest absolute Gasteiger partial charge is 0.302 e. The minimum atomic E-state index is -0.300. The number of fused-ring (bicyclic) bond motifs is 7. The molecule has 0 aromatic rings. The molecule has 0 N–H and O–H groups in total. The van der Waals surface area contributed by atoms with Crippen molar-refractivity contribution in [2.24, 2.45) is 52.3 Å². The van der Waals surface area contributed by atoms with Crippen LogP contribution in [0.15, 0.2) is 0 Å². The number of hydrogen-bond donors (Lipinski definition) is 0. The fraction of sp³-hybridized carbons (Fsp3) is 0.966. The van der Waals surface area contributed by atoms with Crippen LogP contribution in [0, 0.1) is 52.3 Å². The monoisotopic (exact) mass is 458 g/mol. The highest BCUT2D eigenvalue weighted by atomic mass is 16.7. The molecule has 4 heteroatoms. The maximum atomic E-state index is 11.5. The Balaban J connectivity index is 1.21. The van der Waals surface area contributed by atoms with E-state index in [2.05, 4.69) is 27.7 Å². The minimum Gasteiger partial charge on any atom is -0.463 e. The van der Waals surface area contributed by atoms with Gasteiger partial charge in [-0.15, -0.1) is 0 Å². The molecule has 0 radical (unpaired) electrons. The topological polar surface area (TPSA) is 44.8 Å². The lowest BCUT2D eigenvalue weighted by Crippen LogP contribution is -2.55. The zero-order chi connectivity index (χ0) is 23.2. The van der Waals surface area contributed by atoms with E-state index >= 15 is 0 Å². The van der Waals surface area contributed by atoms with Crippen LogP contribution in [0.5, 0.6) is 0 Å². The van der Waals surface area contributed by atoms with Crippen molar-refractivity contribution >= 4 is 5.97 Å². The second-order valence-corrected chi connectivity index (χ2v) is 13.7. The van der Waals surface area contributed by atoms with Gasteiger partial charge in [0.2, 0.25) is 0 Å². The fourth-order valence-electron chi connectivity index (χ4n) is 10.6. The largest absolute Gasteiger partial charge is 0.463 e. The van der Waals surface area contributed by atoms with E-state index in [0.717, 1.165) is 49.5 Å². The summed E-state index contributed by atoms with van der Waals surface area (Å²) in [5, 5.41) is 0. The van der Waals surface area contributed by atoms with E-state index in [4.69, 9.17) is 14.2 Å². The molecule has 0 aromatic heterocycles. The highest BCUT2D eigenvalue weighted by molar-refractivity contribution is 5.66. The molecule has 186 valence electrons. The van der Waals surface area contributed by atoms with E-state index < -0.39 is 0 Å². The molecule has 2 heterocycles. The van der Waals surface area contributed by atoms with Crippen molar-refractivity contribution in [1.82, 2.24) is 0 Å². The number of rotatable bonds is 1. The van der Waals surface area contributed by atoms with Crippen LogP contribution in [0.2, 0.25) is 0 Å². The van der Waals surface area contributed by atoms with Gasteiger partial charge in [-0.05, 0) is 104 Å². The molecule has 1 spiro atoms. The Morgan fingerprint density at radius 3 is 2.42 bits per heavy atom. The third-order valence-electron chi connectivity index (χ3n) is 12.2. The van der Waals surface area contributed by atoms with Crippen LogP contribution >= 0.6 is 0 Å². The molecular formula is C29H46O4. The lowest BCUT2D eigenvalue weighted by atomic mass is 9.44. The van der Waals surface area contributed by atoms with E-state index in [1.54, 1.807) is 6.92 Å². The van der Waals surface area contributed by atoms with Crippen molar-refractivity contribution in [3.05, 3.63) is 0 Å². The summed E-state index contributed by atoms with van der Waals surface area (Å²) in [7, 11) is 0. The average Bonchev–Trinajstić information content (AvgIpc) is 3.21. The highest BCUT2D eigenvalue weighted by Crippen LogP contribution is 2.71. The average molecular weight is 459 g/mol. The number of carbonyl (C=O) groups excluding carboxylic acids is 1. The van der Waals surface area contributed by atoms with E-state index in [1.807, 2.05) is 0 Å². The van der Waals surface area contributed by atoms with Crippen molar-refractivity contribution in [3.8, 4) is 0 Å². The van der Waals surface area contributed by atoms with Gasteiger partial charge in [0, 0.05) is 19.3 Å². The summed E-state index contributed by atoms with van der Waals surface area (Å²) >= 11 is 0. The molecule has 4 nitrogen and oxygen atoms in total. The second-order valence-electron chi connectivity index (χ2n) is 13.7. The lowest BCUT2D eigenvalue weighted by Gasteiger charge is -2.61. The van der Waals surface area contributed by atoms with Gasteiger partial charge in [-0.25, -0.2) is 0 Å². The summed E-state index contributed by atoms with van der Waals surface area (Å²) in [5.74, 6) is 4.63. The maximum absolute atomic E-state index is 11.5. The first-order chi connectivity index (χ1) is 15.7. The van der Waals surface area contributed by atoms with Gasteiger partial charge >= 0.3 is 5.97 Å². The molecule has 4 aliphatic carbocycles. The van der Waals surface area contributed by atoms with Crippen LogP contribution in [-0.2, 0) is 19.0 Å². The molecule has 4 saturated carbocycles. The molecule has 33 heavy (non-hydrogen) atoms. The number of ether oxygens (including phenoxy) is 3. The Labute approximate surface area is 200 Å². The quantitative estimate of drug-likeness (QED) is 0.429. The number of hydrogen-bond acceptors (Lipinski definition) is 4. The Morgan fingerprint density at radius 1 is 0.909 bits per heavy atom. The summed E-state index contributed by atoms with van der Waals surface area (Å²) in [6.45, 7) is 12.4. The molecule has 6 fully saturated rings. The Hall–Kier alpha value is -0.610. The molecule has 6 rings (SSSR count). The van der Waals surface area contributed by atoms with Crippen LogP contribution < -0.4 is 0 Å². The van der Waals surface area contributed by atoms with Crippen molar-refractivity contribution < 1.29 is 19.0 Å². The zero-order valence-electron chi connectivity index (χ0n) is 21.6. The second kappa shape index (κ2) is 7.69. The van der Waals surface area contributed by atoms with Crippen LogP contribution in [0.4, 0.5) is 0 Å². The summed E-state index contributed by atoms with van der Waals surface area (Å²) < 4.78 is 19.1. The van der Waals surface area contributed by atoms with E-state index in [-0.39, 0.29) is 17.9 Å². The van der Waals surface area contributed by atoms with Crippen molar-refractivity contribution in [2.75, 3.05) is 6.61 Å². The van der Waals surface area contributed by atoms with Gasteiger partial charge in [-0.1, -0.05) is 27.7 Å². The van der Waals surface area contributed by atoms with Crippen molar-refractivity contribution in [3.63, 3.8) is 0 Å². The minimum absolute atomic E-state index is 0.105. The normalized spacial score (nSPS) is 57.7. The van der Waals surface area contributed by atoms with Gasteiger partial charge in [0.05, 0.1) is 12.7 Å². The molecule has 0 amide bonds. The summed E-state index contributed by atoms with van der Waals surface area (Å²) in [6, 6.07) is 0. The van der Waals surface area contributed by atoms with E-state index in [1.165, 1.54) is 44.9 Å². The maximum Gasteiger partial charge on any atom is 0.302 e. The first kappa shape index (κ1) is 22.8. The molecule has 0 aromatic carbocycles. The summed E-state index contributed by atoms with van der Waals surface area (Å²) in [4.78, 5) is 11.5. The van der Waals surface area contributed by atoms with Crippen molar-refractivity contribution in [1.29, 1.82) is 0 Å². The van der Waals surface area contributed by atoms with Crippen LogP contribution in [-0.4, -0.2) is 30.6 Å². The van der Waals surface area contributed by atoms with Crippen LogP contribution in [0.3, 0.4) is 0 Å². The molecule has 0 bridgehead atoms. The predicted molar refractivity (Wildman–Crippen MR) is 127 cm³/mol.